The van der Waals surface area contributed by atoms with Gasteiger partial charge in [-0.1, -0.05) is 19.3 Å². The van der Waals surface area contributed by atoms with Gasteiger partial charge in [-0.15, -0.1) is 0 Å². The highest BCUT2D eigenvalue weighted by atomic mass is 19.1. The largest absolute Gasteiger partial charge is 0.381 e. The van der Waals surface area contributed by atoms with Crippen LogP contribution in [0.1, 0.15) is 37.7 Å². The Labute approximate surface area is 112 Å². The van der Waals surface area contributed by atoms with E-state index >= 15 is 0 Å². The Morgan fingerprint density at radius 3 is 2.68 bits per heavy atom. The number of nitriles is 2. The lowest BCUT2D eigenvalue weighted by Crippen LogP contribution is -2.27. The number of hydrogen-bond donors (Lipinski definition) is 1. The molecule has 98 valence electrons. The summed E-state index contributed by atoms with van der Waals surface area (Å²) in [5.41, 5.74) is 0.747. The molecular weight excluding hydrogens is 241 g/mol. The summed E-state index contributed by atoms with van der Waals surface area (Å²) in [6, 6.07) is 8.69. The molecule has 0 spiro atoms. The molecule has 1 fully saturated rings. The Bertz CT molecular complexity index is 527. The van der Waals surface area contributed by atoms with Crippen molar-refractivity contribution in [2.24, 2.45) is 5.92 Å². The van der Waals surface area contributed by atoms with Crippen LogP contribution in [0.25, 0.3) is 0 Å². The van der Waals surface area contributed by atoms with Crippen molar-refractivity contribution in [2.45, 2.75) is 38.1 Å². The van der Waals surface area contributed by atoms with Gasteiger partial charge in [0.2, 0.25) is 0 Å². The summed E-state index contributed by atoms with van der Waals surface area (Å²) in [4.78, 5) is 0. The van der Waals surface area contributed by atoms with Gasteiger partial charge in [-0.05, 0) is 31.0 Å². The maximum atomic E-state index is 13.3. The molecule has 1 aliphatic rings. The predicted octanol–water partition coefficient (Wildman–Crippen LogP) is 3.58. The Morgan fingerprint density at radius 1 is 1.16 bits per heavy atom. The van der Waals surface area contributed by atoms with E-state index in [1.165, 1.54) is 12.1 Å². The van der Waals surface area contributed by atoms with E-state index in [0.717, 1.165) is 32.1 Å². The standard InChI is InChI=1S/C15H16FN3/c16-14-7-6-13(8-12(14)10-18)19-15-5-3-1-2-4-11(15)9-17/h6-8,11,15,19H,1-5H2. The molecule has 1 aliphatic carbocycles. The molecule has 2 unspecified atom stereocenters. The van der Waals surface area contributed by atoms with E-state index < -0.39 is 5.82 Å². The van der Waals surface area contributed by atoms with Crippen molar-refractivity contribution in [1.82, 2.24) is 0 Å². The van der Waals surface area contributed by atoms with Crippen molar-refractivity contribution in [3.05, 3.63) is 29.6 Å². The third-order valence-corrected chi connectivity index (χ3v) is 3.62. The fourth-order valence-corrected chi connectivity index (χ4v) is 2.55. The summed E-state index contributed by atoms with van der Waals surface area (Å²) in [6.07, 6.45) is 5.19. The Balaban J connectivity index is 2.15. The van der Waals surface area contributed by atoms with Gasteiger partial charge < -0.3 is 5.32 Å². The van der Waals surface area contributed by atoms with E-state index in [4.69, 9.17) is 5.26 Å². The Morgan fingerprint density at radius 2 is 1.95 bits per heavy atom. The number of anilines is 1. The Hall–Kier alpha value is -2.07. The normalized spacial score (nSPS) is 22.9. The highest BCUT2D eigenvalue weighted by molar-refractivity contribution is 5.50. The smallest absolute Gasteiger partial charge is 0.141 e. The monoisotopic (exact) mass is 257 g/mol. The van der Waals surface area contributed by atoms with Crippen LogP contribution >= 0.6 is 0 Å². The van der Waals surface area contributed by atoms with Gasteiger partial charge in [-0.25, -0.2) is 4.39 Å². The van der Waals surface area contributed by atoms with E-state index in [2.05, 4.69) is 11.4 Å². The zero-order valence-corrected chi connectivity index (χ0v) is 10.7. The quantitative estimate of drug-likeness (QED) is 0.824. The highest BCUT2D eigenvalue weighted by Gasteiger charge is 2.23. The average molecular weight is 257 g/mol. The number of halogens is 1. The molecule has 3 nitrogen and oxygen atoms in total. The van der Waals surface area contributed by atoms with Crippen LogP contribution in [0.15, 0.2) is 18.2 Å². The molecule has 1 N–H and O–H groups in total. The first-order valence-electron chi connectivity index (χ1n) is 6.60. The summed E-state index contributed by atoms with van der Waals surface area (Å²) in [7, 11) is 0. The van der Waals surface area contributed by atoms with Crippen molar-refractivity contribution in [2.75, 3.05) is 5.32 Å². The molecule has 0 amide bonds. The van der Waals surface area contributed by atoms with Gasteiger partial charge in [0, 0.05) is 11.7 Å². The maximum Gasteiger partial charge on any atom is 0.141 e. The summed E-state index contributed by atoms with van der Waals surface area (Å²) in [5.74, 6) is -0.524. The summed E-state index contributed by atoms with van der Waals surface area (Å²) in [6.45, 7) is 0. The number of rotatable bonds is 2. The van der Waals surface area contributed by atoms with Crippen LogP contribution in [0, 0.1) is 34.4 Å². The van der Waals surface area contributed by atoms with E-state index in [-0.39, 0.29) is 17.5 Å². The van der Waals surface area contributed by atoms with E-state index in [0.29, 0.717) is 5.69 Å². The molecule has 0 saturated heterocycles. The van der Waals surface area contributed by atoms with E-state index in [1.807, 2.05) is 6.07 Å². The van der Waals surface area contributed by atoms with Crippen molar-refractivity contribution < 1.29 is 4.39 Å². The molecule has 2 atom stereocenters. The lowest BCUT2D eigenvalue weighted by molar-refractivity contribution is 0.514. The SMILES string of the molecule is N#Cc1cc(NC2CCCCCC2C#N)ccc1F. The van der Waals surface area contributed by atoms with Gasteiger partial charge in [0.1, 0.15) is 11.9 Å². The second kappa shape index (κ2) is 6.20. The summed E-state index contributed by atoms with van der Waals surface area (Å²) in [5, 5.41) is 21.3. The fraction of sp³-hybridized carbons (Fsp3) is 0.467. The van der Waals surface area contributed by atoms with Gasteiger partial charge in [0.25, 0.3) is 0 Å². The molecule has 0 aliphatic heterocycles. The van der Waals surface area contributed by atoms with Gasteiger partial charge in [0.05, 0.1) is 17.6 Å². The molecule has 4 heteroatoms. The average Bonchev–Trinajstić information content (AvgIpc) is 2.66. The summed E-state index contributed by atoms with van der Waals surface area (Å²) >= 11 is 0. The van der Waals surface area contributed by atoms with Crippen LogP contribution in [0.4, 0.5) is 10.1 Å². The molecule has 1 aromatic carbocycles. The zero-order valence-electron chi connectivity index (χ0n) is 10.7. The Kier molecular flexibility index (Phi) is 4.36. The van der Waals surface area contributed by atoms with Gasteiger partial charge in [-0.3, -0.25) is 0 Å². The lowest BCUT2D eigenvalue weighted by Gasteiger charge is -2.22. The van der Waals surface area contributed by atoms with E-state index in [1.54, 1.807) is 6.07 Å². The zero-order chi connectivity index (χ0) is 13.7. The molecule has 0 bridgehead atoms. The maximum absolute atomic E-state index is 13.3. The minimum Gasteiger partial charge on any atom is -0.381 e. The topological polar surface area (TPSA) is 59.6 Å². The van der Waals surface area contributed by atoms with Gasteiger partial charge in [0.15, 0.2) is 0 Å². The lowest BCUT2D eigenvalue weighted by atomic mass is 9.96. The van der Waals surface area contributed by atoms with Crippen LogP contribution in [0.5, 0.6) is 0 Å². The number of nitrogens with one attached hydrogen (secondary N) is 1. The minimum absolute atomic E-state index is 0.0157. The van der Waals surface area contributed by atoms with E-state index in [9.17, 15) is 9.65 Å². The highest BCUT2D eigenvalue weighted by Crippen LogP contribution is 2.26. The molecule has 1 aromatic rings. The first-order chi connectivity index (χ1) is 9.24. The van der Waals surface area contributed by atoms with Crippen LogP contribution in [0.3, 0.4) is 0 Å². The van der Waals surface area contributed by atoms with Crippen LogP contribution in [0.2, 0.25) is 0 Å². The summed E-state index contributed by atoms with van der Waals surface area (Å²) < 4.78 is 13.3. The molecule has 19 heavy (non-hydrogen) atoms. The molecular formula is C15H16FN3. The second-order valence-corrected chi connectivity index (χ2v) is 4.93. The number of hydrogen-bond acceptors (Lipinski definition) is 3. The third kappa shape index (κ3) is 3.23. The fourth-order valence-electron chi connectivity index (χ4n) is 2.55. The van der Waals surface area contributed by atoms with Crippen molar-refractivity contribution in [3.8, 4) is 12.1 Å². The minimum atomic E-state index is -0.509. The molecule has 0 aromatic heterocycles. The second-order valence-electron chi connectivity index (χ2n) is 4.93. The number of nitrogens with zero attached hydrogens (tertiary/aromatic N) is 2. The van der Waals surface area contributed by atoms with Crippen molar-refractivity contribution in [1.29, 1.82) is 10.5 Å². The predicted molar refractivity (Wildman–Crippen MR) is 70.7 cm³/mol. The first kappa shape index (κ1) is 13.4. The van der Waals surface area contributed by atoms with Crippen LogP contribution < -0.4 is 5.32 Å². The third-order valence-electron chi connectivity index (χ3n) is 3.62. The van der Waals surface area contributed by atoms with Crippen LogP contribution in [-0.2, 0) is 0 Å². The molecule has 2 rings (SSSR count). The van der Waals surface area contributed by atoms with Crippen molar-refractivity contribution in [3.63, 3.8) is 0 Å². The van der Waals surface area contributed by atoms with Gasteiger partial charge in [-0.2, -0.15) is 10.5 Å². The molecule has 1 saturated carbocycles. The van der Waals surface area contributed by atoms with Gasteiger partial charge >= 0.3 is 0 Å². The van der Waals surface area contributed by atoms with Crippen LogP contribution in [-0.4, -0.2) is 6.04 Å². The van der Waals surface area contributed by atoms with Crippen molar-refractivity contribution >= 4 is 5.69 Å². The first-order valence-corrected chi connectivity index (χ1v) is 6.60. The molecule has 0 heterocycles. The number of benzene rings is 1. The molecule has 0 radical (unpaired) electrons.